The van der Waals surface area contributed by atoms with E-state index in [1.54, 1.807) is 24.5 Å². The minimum atomic E-state index is -0.629. The first-order valence-electron chi connectivity index (χ1n) is 11.7. The first-order chi connectivity index (χ1) is 17.6. The Hall–Kier alpha value is -4.09. The number of pyridine rings is 3. The van der Waals surface area contributed by atoms with Crippen LogP contribution in [-0.2, 0) is 19.4 Å². The van der Waals surface area contributed by atoms with Gasteiger partial charge in [-0.3, -0.25) is 19.3 Å². The maximum atomic E-state index is 12.7. The highest BCUT2D eigenvalue weighted by atomic mass is 16.6. The highest BCUT2D eigenvalue weighted by Gasteiger charge is 2.28. The molecule has 0 bridgehead atoms. The number of rotatable bonds is 5. The van der Waals surface area contributed by atoms with Gasteiger partial charge in [0.25, 0.3) is 5.56 Å². The molecule has 0 saturated carbocycles. The summed E-state index contributed by atoms with van der Waals surface area (Å²) in [5, 5.41) is 14.3. The predicted molar refractivity (Wildman–Crippen MR) is 129 cm³/mol. The second-order valence-corrected chi connectivity index (χ2v) is 8.71. The molecule has 6 rings (SSSR count). The van der Waals surface area contributed by atoms with Crippen molar-refractivity contribution >= 4 is 11.2 Å². The van der Waals surface area contributed by atoms with Gasteiger partial charge in [-0.2, -0.15) is 4.98 Å². The van der Waals surface area contributed by atoms with Gasteiger partial charge in [0.05, 0.1) is 43.2 Å². The van der Waals surface area contributed by atoms with E-state index in [2.05, 4.69) is 25.3 Å². The average molecular weight is 489 g/mol. The highest BCUT2D eigenvalue weighted by Crippen LogP contribution is 2.29. The van der Waals surface area contributed by atoms with Crippen LogP contribution in [0.1, 0.15) is 17.0 Å². The molecule has 184 valence electrons. The first-order valence-corrected chi connectivity index (χ1v) is 11.7. The summed E-state index contributed by atoms with van der Waals surface area (Å²) in [5.41, 5.74) is 3.73. The maximum Gasteiger partial charge on any atom is 0.275 e. The van der Waals surface area contributed by atoms with Crippen LogP contribution in [0.4, 0.5) is 0 Å². The minimum absolute atomic E-state index is 0.193. The van der Waals surface area contributed by atoms with Crippen molar-refractivity contribution in [2.24, 2.45) is 0 Å². The number of nitrogens with one attached hydrogen (secondary N) is 1. The summed E-state index contributed by atoms with van der Waals surface area (Å²) < 4.78 is 17.8. The lowest BCUT2D eigenvalue weighted by atomic mass is 9.89. The Balaban J connectivity index is 1.24. The number of hydrogen-bond acceptors (Lipinski definition) is 10. The van der Waals surface area contributed by atoms with E-state index in [1.807, 2.05) is 12.1 Å². The largest absolute Gasteiger partial charge is 0.486 e. The van der Waals surface area contributed by atoms with E-state index in [9.17, 15) is 9.90 Å². The normalized spacial score (nSPS) is 18.6. The number of ether oxygens (including phenoxy) is 3. The van der Waals surface area contributed by atoms with Crippen LogP contribution < -0.4 is 25.1 Å². The van der Waals surface area contributed by atoms with Crippen molar-refractivity contribution < 1.29 is 19.3 Å². The number of aliphatic hydroxyl groups is 1. The van der Waals surface area contributed by atoms with E-state index in [0.717, 1.165) is 17.0 Å². The quantitative estimate of drug-likeness (QED) is 0.419. The number of aliphatic hydroxyl groups excluding tert-OH is 1. The van der Waals surface area contributed by atoms with Crippen molar-refractivity contribution in [3.63, 3.8) is 0 Å². The summed E-state index contributed by atoms with van der Waals surface area (Å²) in [6.07, 6.45) is 4.89. The minimum Gasteiger partial charge on any atom is -0.486 e. The fourth-order valence-electron chi connectivity index (χ4n) is 4.59. The molecular formula is C25H24N6O5. The Morgan fingerprint density at radius 1 is 1.08 bits per heavy atom. The Labute approximate surface area is 205 Å². The first kappa shape index (κ1) is 22.4. The van der Waals surface area contributed by atoms with Gasteiger partial charge in [0, 0.05) is 43.3 Å². The lowest BCUT2D eigenvalue weighted by Crippen LogP contribution is -2.45. The van der Waals surface area contributed by atoms with Crippen LogP contribution in [-0.4, -0.2) is 62.1 Å². The number of fused-ring (bicyclic) bond motifs is 3. The second-order valence-electron chi connectivity index (χ2n) is 8.71. The molecule has 11 nitrogen and oxygen atoms in total. The van der Waals surface area contributed by atoms with Crippen LogP contribution in [0.3, 0.4) is 0 Å². The third-order valence-corrected chi connectivity index (χ3v) is 6.43. The molecule has 1 aliphatic carbocycles. The summed E-state index contributed by atoms with van der Waals surface area (Å²) >= 11 is 0. The molecule has 36 heavy (non-hydrogen) atoms. The molecule has 2 aliphatic rings. The fraction of sp³-hybridized carbons (Fsp3) is 0.320. The molecule has 0 amide bonds. The molecule has 2 N–H and O–H groups in total. The molecule has 0 fully saturated rings. The van der Waals surface area contributed by atoms with Gasteiger partial charge in [-0.05, 0) is 17.7 Å². The Morgan fingerprint density at radius 3 is 2.81 bits per heavy atom. The molecule has 0 saturated heterocycles. The van der Waals surface area contributed by atoms with E-state index in [4.69, 9.17) is 14.2 Å². The molecule has 4 aromatic heterocycles. The lowest BCUT2D eigenvalue weighted by molar-refractivity contribution is 0.117. The fourth-order valence-corrected chi connectivity index (χ4v) is 4.59. The Morgan fingerprint density at radius 2 is 1.94 bits per heavy atom. The summed E-state index contributed by atoms with van der Waals surface area (Å²) in [6, 6.07) is 6.99. The van der Waals surface area contributed by atoms with Gasteiger partial charge in [0.1, 0.15) is 18.7 Å². The highest BCUT2D eigenvalue weighted by molar-refractivity contribution is 5.72. The van der Waals surface area contributed by atoms with Gasteiger partial charge < -0.3 is 24.6 Å². The number of aromatic nitrogens is 5. The van der Waals surface area contributed by atoms with Crippen LogP contribution in [0.2, 0.25) is 0 Å². The summed E-state index contributed by atoms with van der Waals surface area (Å²) in [4.78, 5) is 30.4. The van der Waals surface area contributed by atoms with Gasteiger partial charge in [-0.1, -0.05) is 0 Å². The monoisotopic (exact) mass is 488 g/mol. The van der Waals surface area contributed by atoms with Gasteiger partial charge >= 0.3 is 0 Å². The Kier molecular flexibility index (Phi) is 5.70. The van der Waals surface area contributed by atoms with Crippen molar-refractivity contribution in [2.75, 3.05) is 20.3 Å². The smallest absolute Gasteiger partial charge is 0.275 e. The number of hydrogen-bond donors (Lipinski definition) is 2. The van der Waals surface area contributed by atoms with Crippen molar-refractivity contribution in [2.45, 2.75) is 31.5 Å². The number of methoxy groups -OCH3 is 1. The van der Waals surface area contributed by atoms with Crippen molar-refractivity contribution in [1.29, 1.82) is 0 Å². The number of nitrogens with zero attached hydrogens (tertiary/aromatic N) is 5. The van der Waals surface area contributed by atoms with Gasteiger partial charge in [0.2, 0.25) is 5.88 Å². The predicted octanol–water partition coefficient (Wildman–Crippen LogP) is 0.968. The lowest BCUT2D eigenvalue weighted by Gasteiger charge is -2.30. The summed E-state index contributed by atoms with van der Waals surface area (Å²) in [5.74, 6) is 1.71. The van der Waals surface area contributed by atoms with Gasteiger partial charge in [-0.25, -0.2) is 4.98 Å². The van der Waals surface area contributed by atoms with Crippen molar-refractivity contribution in [3.8, 4) is 23.1 Å². The van der Waals surface area contributed by atoms with Crippen LogP contribution >= 0.6 is 0 Å². The molecule has 11 heteroatoms. The molecule has 0 unspecified atom stereocenters. The van der Waals surface area contributed by atoms with Gasteiger partial charge in [0.15, 0.2) is 17.1 Å². The standard InChI is InChI=1S/C25H24N6O5/c1-34-23-3-2-17-25(30-23)31(24(33)13-29-17)16-6-14-7-20(32)19(9-18(14)28-11-16)27-10-15-8-21-22(12-26-15)36-5-4-35-21/h2-3,6,8,11-13,19-20,27,32H,4-5,7,9-10H2,1H3/t19-,20+/m1/s1. The van der Waals surface area contributed by atoms with E-state index in [1.165, 1.54) is 17.9 Å². The van der Waals surface area contributed by atoms with E-state index in [0.29, 0.717) is 66.8 Å². The van der Waals surface area contributed by atoms with E-state index in [-0.39, 0.29) is 11.6 Å². The average Bonchev–Trinajstić information content (AvgIpc) is 2.91. The summed E-state index contributed by atoms with van der Waals surface area (Å²) in [7, 11) is 1.52. The molecule has 0 radical (unpaired) electrons. The molecule has 2 atom stereocenters. The van der Waals surface area contributed by atoms with Crippen LogP contribution in [0.15, 0.2) is 47.7 Å². The van der Waals surface area contributed by atoms with Crippen molar-refractivity contribution in [1.82, 2.24) is 29.8 Å². The van der Waals surface area contributed by atoms with Crippen LogP contribution in [0.25, 0.3) is 16.9 Å². The molecule has 4 aromatic rings. The van der Waals surface area contributed by atoms with Crippen LogP contribution in [0, 0.1) is 0 Å². The molecule has 0 aromatic carbocycles. The van der Waals surface area contributed by atoms with Gasteiger partial charge in [-0.15, -0.1) is 0 Å². The zero-order chi connectivity index (χ0) is 24.6. The van der Waals surface area contributed by atoms with Crippen molar-refractivity contribution in [3.05, 3.63) is 70.2 Å². The van der Waals surface area contributed by atoms with Crippen LogP contribution in [0.5, 0.6) is 17.4 Å². The molecule has 1 aliphatic heterocycles. The maximum absolute atomic E-state index is 12.7. The molecular weight excluding hydrogens is 464 g/mol. The molecule has 0 spiro atoms. The summed E-state index contributed by atoms with van der Waals surface area (Å²) in [6.45, 7) is 1.50. The second kappa shape index (κ2) is 9.17. The zero-order valence-electron chi connectivity index (χ0n) is 19.5. The molecule has 5 heterocycles. The Bertz CT molecular complexity index is 1510. The third kappa shape index (κ3) is 4.12. The van der Waals surface area contributed by atoms with E-state index >= 15 is 0 Å². The zero-order valence-corrected chi connectivity index (χ0v) is 19.5. The SMILES string of the molecule is COc1ccc2ncc(=O)n(-c3cnc4c(c3)C[C@H](O)[C@H](NCc3cc5c(cn3)OCCO5)C4)c2n1. The van der Waals surface area contributed by atoms with E-state index < -0.39 is 6.10 Å². The topological polar surface area (TPSA) is 134 Å². The third-order valence-electron chi connectivity index (χ3n) is 6.43.